The number of nitrogens with one attached hydrogen (secondary N) is 1. The molecule has 0 saturated carbocycles. The second-order valence-electron chi connectivity index (χ2n) is 6.90. The van der Waals surface area contributed by atoms with Crippen LogP contribution >= 0.6 is 15.9 Å². The summed E-state index contributed by atoms with van der Waals surface area (Å²) in [5.74, 6) is -1.13. The lowest BCUT2D eigenvalue weighted by Crippen LogP contribution is -2.26. The lowest BCUT2D eigenvalue weighted by molar-refractivity contribution is 0.144. The van der Waals surface area contributed by atoms with Crippen molar-refractivity contribution in [1.29, 1.82) is 0 Å². The van der Waals surface area contributed by atoms with Gasteiger partial charge < -0.3 is 10.1 Å². The molecule has 0 saturated heterocycles. The molecule has 1 aliphatic carbocycles. The topological polar surface area (TPSA) is 38.3 Å². The lowest BCUT2D eigenvalue weighted by Gasteiger charge is -2.14. The summed E-state index contributed by atoms with van der Waals surface area (Å²) in [6.07, 6.45) is 2.38. The van der Waals surface area contributed by atoms with Crippen molar-refractivity contribution in [2.45, 2.75) is 5.92 Å². The molecule has 0 spiro atoms. The first-order valence-corrected chi connectivity index (χ1v) is 10.2. The number of benzene rings is 3. The highest BCUT2D eigenvalue weighted by atomic mass is 79.9. The second kappa shape index (κ2) is 8.79. The van der Waals surface area contributed by atoms with Crippen molar-refractivity contribution in [1.82, 2.24) is 5.32 Å². The second-order valence-corrected chi connectivity index (χ2v) is 7.75. The summed E-state index contributed by atoms with van der Waals surface area (Å²) >= 11 is 2.93. The maximum atomic E-state index is 13.8. The normalized spacial score (nSPS) is 12.6. The summed E-state index contributed by atoms with van der Waals surface area (Å²) in [7, 11) is 0. The molecule has 0 aromatic heterocycles. The van der Waals surface area contributed by atoms with Crippen molar-refractivity contribution in [3.05, 3.63) is 99.5 Å². The maximum Gasteiger partial charge on any atom is 0.407 e. The Balaban J connectivity index is 1.34. The van der Waals surface area contributed by atoms with Crippen LogP contribution in [-0.4, -0.2) is 19.2 Å². The van der Waals surface area contributed by atoms with E-state index < -0.39 is 17.7 Å². The molecule has 0 bridgehead atoms. The van der Waals surface area contributed by atoms with Gasteiger partial charge in [-0.25, -0.2) is 13.6 Å². The van der Waals surface area contributed by atoms with Gasteiger partial charge in [0.1, 0.15) is 18.2 Å². The molecule has 3 aromatic carbocycles. The monoisotopic (exact) mass is 469 g/mol. The van der Waals surface area contributed by atoms with Gasteiger partial charge in [-0.2, -0.15) is 0 Å². The molecule has 3 nitrogen and oxygen atoms in total. The van der Waals surface area contributed by atoms with E-state index in [1.165, 1.54) is 12.2 Å². The van der Waals surface area contributed by atoms with Crippen molar-refractivity contribution in [2.75, 3.05) is 13.2 Å². The quantitative estimate of drug-likeness (QED) is 0.446. The van der Waals surface area contributed by atoms with Crippen LogP contribution in [0.2, 0.25) is 0 Å². The minimum atomic E-state index is -0.566. The zero-order valence-electron chi connectivity index (χ0n) is 15.9. The lowest BCUT2D eigenvalue weighted by atomic mass is 9.98. The summed E-state index contributed by atoms with van der Waals surface area (Å²) in [6.45, 7) is 0.351. The number of rotatable bonds is 5. The molecule has 152 valence electrons. The van der Waals surface area contributed by atoms with Gasteiger partial charge in [-0.1, -0.05) is 60.7 Å². The first-order valence-electron chi connectivity index (χ1n) is 9.44. The number of carbonyl (C=O) groups is 1. The number of carbonyl (C=O) groups excluding carboxylic acids is 1. The third-order valence-corrected chi connectivity index (χ3v) is 5.65. The molecule has 4 rings (SSSR count). The van der Waals surface area contributed by atoms with E-state index in [0.29, 0.717) is 0 Å². The molecular formula is C24H18BrF2NO2. The van der Waals surface area contributed by atoms with Gasteiger partial charge in [-0.05, 0) is 50.3 Å². The highest BCUT2D eigenvalue weighted by Gasteiger charge is 2.28. The number of amides is 1. The average molecular weight is 470 g/mol. The fourth-order valence-electron chi connectivity index (χ4n) is 3.64. The van der Waals surface area contributed by atoms with Crippen molar-refractivity contribution >= 4 is 28.1 Å². The van der Waals surface area contributed by atoms with E-state index in [-0.39, 0.29) is 29.1 Å². The van der Waals surface area contributed by atoms with Gasteiger partial charge in [-0.15, -0.1) is 0 Å². The van der Waals surface area contributed by atoms with Crippen LogP contribution in [0.25, 0.3) is 17.2 Å². The van der Waals surface area contributed by atoms with Crippen molar-refractivity contribution in [3.8, 4) is 11.1 Å². The third-order valence-electron chi connectivity index (χ3n) is 5.04. The fourth-order valence-corrected chi connectivity index (χ4v) is 3.96. The van der Waals surface area contributed by atoms with Gasteiger partial charge in [-0.3, -0.25) is 0 Å². The Labute approximate surface area is 181 Å². The van der Waals surface area contributed by atoms with E-state index in [0.717, 1.165) is 34.4 Å². The van der Waals surface area contributed by atoms with Crippen LogP contribution in [0.4, 0.5) is 13.6 Å². The number of fused-ring (bicyclic) bond motifs is 3. The smallest absolute Gasteiger partial charge is 0.407 e. The SMILES string of the molecule is O=C(NCC=Cc1cc(F)c(Br)cc1F)OCC1c2ccccc2-c2ccccc21. The highest BCUT2D eigenvalue weighted by Crippen LogP contribution is 2.44. The van der Waals surface area contributed by atoms with Crippen LogP contribution in [-0.2, 0) is 4.74 Å². The predicted molar refractivity (Wildman–Crippen MR) is 116 cm³/mol. The molecule has 0 unspecified atom stereocenters. The Morgan fingerprint density at radius 2 is 1.63 bits per heavy atom. The van der Waals surface area contributed by atoms with Gasteiger partial charge >= 0.3 is 6.09 Å². The number of ether oxygens (including phenoxy) is 1. The Hall–Kier alpha value is -2.99. The minimum Gasteiger partial charge on any atom is -0.449 e. The molecule has 6 heteroatoms. The predicted octanol–water partition coefficient (Wildman–Crippen LogP) is 6.28. The van der Waals surface area contributed by atoms with Crippen LogP contribution in [0.15, 0.2) is 71.2 Å². The largest absolute Gasteiger partial charge is 0.449 e. The summed E-state index contributed by atoms with van der Waals surface area (Å²) in [4.78, 5) is 12.1. The van der Waals surface area contributed by atoms with Crippen molar-refractivity contribution < 1.29 is 18.3 Å². The standard InChI is InChI=1S/C24H18BrF2NO2/c25-21-13-22(26)15(12-23(21)27)6-5-11-28-24(29)30-14-20-18-9-3-1-7-16(18)17-8-2-4-10-19(17)20/h1-10,12-13,20H,11,14H2,(H,28,29). The number of alkyl carbamates (subject to hydrolysis) is 1. The molecule has 1 N–H and O–H groups in total. The Bertz CT molecular complexity index is 1080. The first kappa shape index (κ1) is 20.3. The molecule has 0 heterocycles. The molecule has 1 amide bonds. The van der Waals surface area contributed by atoms with Crippen LogP contribution in [0.5, 0.6) is 0 Å². The summed E-state index contributed by atoms with van der Waals surface area (Å²) in [5, 5.41) is 2.60. The zero-order chi connectivity index (χ0) is 21.1. The summed E-state index contributed by atoms with van der Waals surface area (Å²) in [5.41, 5.74) is 4.70. The van der Waals surface area contributed by atoms with Crippen LogP contribution in [0, 0.1) is 11.6 Å². The molecule has 0 fully saturated rings. The van der Waals surface area contributed by atoms with Crippen molar-refractivity contribution in [2.24, 2.45) is 0 Å². The molecule has 0 aliphatic heterocycles. The van der Waals surface area contributed by atoms with Gasteiger partial charge in [0.2, 0.25) is 0 Å². The maximum absolute atomic E-state index is 13.8. The molecule has 1 aliphatic rings. The number of hydrogen-bond acceptors (Lipinski definition) is 2. The molecule has 30 heavy (non-hydrogen) atoms. The number of halogens is 3. The van der Waals surface area contributed by atoms with E-state index in [4.69, 9.17) is 4.74 Å². The Kier molecular flexibility index (Phi) is 5.95. The van der Waals surface area contributed by atoms with E-state index in [9.17, 15) is 13.6 Å². The van der Waals surface area contributed by atoms with Crippen LogP contribution in [0.3, 0.4) is 0 Å². The van der Waals surface area contributed by atoms with Gasteiger partial charge in [0, 0.05) is 18.0 Å². The number of hydrogen-bond donors (Lipinski definition) is 1. The molecule has 3 aromatic rings. The van der Waals surface area contributed by atoms with E-state index in [1.807, 2.05) is 24.3 Å². The minimum absolute atomic E-state index is 0.0153. The molecule has 0 atom stereocenters. The van der Waals surface area contributed by atoms with Gasteiger partial charge in [0.25, 0.3) is 0 Å². The van der Waals surface area contributed by atoms with Crippen molar-refractivity contribution in [3.63, 3.8) is 0 Å². The zero-order valence-corrected chi connectivity index (χ0v) is 17.5. The molecular weight excluding hydrogens is 452 g/mol. The molecule has 0 radical (unpaired) electrons. The fraction of sp³-hybridized carbons (Fsp3) is 0.125. The third kappa shape index (κ3) is 4.14. The highest BCUT2D eigenvalue weighted by molar-refractivity contribution is 9.10. The van der Waals surface area contributed by atoms with E-state index >= 15 is 0 Å². The average Bonchev–Trinajstić information content (AvgIpc) is 3.07. The summed E-state index contributed by atoms with van der Waals surface area (Å²) in [6, 6.07) is 18.4. The Morgan fingerprint density at radius 1 is 1.00 bits per heavy atom. The van der Waals surface area contributed by atoms with E-state index in [2.05, 4.69) is 45.5 Å². The summed E-state index contributed by atoms with van der Waals surface area (Å²) < 4.78 is 32.8. The van der Waals surface area contributed by atoms with Gasteiger partial charge in [0.05, 0.1) is 4.47 Å². The first-order chi connectivity index (χ1) is 14.5. The van der Waals surface area contributed by atoms with Gasteiger partial charge in [0.15, 0.2) is 0 Å². The Morgan fingerprint density at radius 3 is 2.30 bits per heavy atom. The van der Waals surface area contributed by atoms with Crippen LogP contribution in [0.1, 0.15) is 22.6 Å². The van der Waals surface area contributed by atoms with Crippen LogP contribution < -0.4 is 5.32 Å². The van der Waals surface area contributed by atoms with E-state index in [1.54, 1.807) is 0 Å².